The van der Waals surface area contributed by atoms with Gasteiger partial charge in [0.25, 0.3) is 0 Å². The molecule has 0 atom stereocenters. The van der Waals surface area contributed by atoms with Crippen molar-refractivity contribution in [3.8, 4) is 21.6 Å². The van der Waals surface area contributed by atoms with Gasteiger partial charge < -0.3 is 9.84 Å². The van der Waals surface area contributed by atoms with Gasteiger partial charge in [0.05, 0.1) is 21.7 Å². The van der Waals surface area contributed by atoms with E-state index in [2.05, 4.69) is 9.69 Å². The Morgan fingerprint density at radius 1 is 1.00 bits per heavy atom. The maximum absolute atomic E-state index is 13.8. The molecule has 0 aliphatic heterocycles. The lowest BCUT2D eigenvalue weighted by Crippen LogP contribution is -2.19. The number of aromatic nitrogens is 1. The first kappa shape index (κ1) is 23.7. The van der Waals surface area contributed by atoms with Crippen molar-refractivity contribution in [1.29, 1.82) is 0 Å². The molecule has 3 aromatic carbocycles. The molecule has 1 aliphatic rings. The number of carbonyl (C=O) groups is 2. The summed E-state index contributed by atoms with van der Waals surface area (Å²) in [4.78, 5) is 24.8. The fourth-order valence-corrected chi connectivity index (χ4v) is 5.01. The number of anilines is 1. The maximum atomic E-state index is 13.8. The Morgan fingerprint density at radius 2 is 1.61 bits per heavy atom. The quantitative estimate of drug-likeness (QED) is 0.290. The summed E-state index contributed by atoms with van der Waals surface area (Å²) in [5, 5.41) is 12.2. The molecule has 5 rings (SSSR count). The standard InChI is InChI=1S/C28H23FN2O4S/c1-17-24(30-27(34)35-16-21-4-2-3-5-23(21)29)25(36-31-17)20-8-6-18(7-9-20)19-10-12-22(13-11-19)28(14-15-28)26(32)33/h2-13H,14-16H2,1H3,(H,30,34)(H,32,33). The molecule has 1 saturated carbocycles. The number of benzene rings is 3. The van der Waals surface area contributed by atoms with Gasteiger partial charge in [-0.25, -0.2) is 9.18 Å². The van der Waals surface area contributed by atoms with Crippen molar-refractivity contribution in [3.05, 3.63) is 95.4 Å². The lowest BCUT2D eigenvalue weighted by molar-refractivity contribution is -0.140. The molecular weight excluding hydrogens is 479 g/mol. The molecule has 4 aromatic rings. The molecule has 0 bridgehead atoms. The van der Waals surface area contributed by atoms with E-state index in [4.69, 9.17) is 4.74 Å². The van der Waals surface area contributed by atoms with Gasteiger partial charge in [0.15, 0.2) is 0 Å². The normalized spacial score (nSPS) is 13.7. The highest BCUT2D eigenvalue weighted by molar-refractivity contribution is 7.10. The minimum Gasteiger partial charge on any atom is -0.481 e. The van der Waals surface area contributed by atoms with E-state index in [1.807, 2.05) is 48.5 Å². The summed E-state index contributed by atoms with van der Waals surface area (Å²) < 4.78 is 23.4. The molecule has 1 aliphatic carbocycles. The zero-order valence-electron chi connectivity index (χ0n) is 19.5. The van der Waals surface area contributed by atoms with Crippen LogP contribution in [-0.2, 0) is 21.6 Å². The third-order valence-corrected chi connectivity index (χ3v) is 7.47. The van der Waals surface area contributed by atoms with Gasteiger partial charge in [-0.2, -0.15) is 4.37 Å². The number of amides is 1. The fraction of sp³-hybridized carbons (Fsp3) is 0.179. The van der Waals surface area contributed by atoms with Crippen LogP contribution in [0.2, 0.25) is 0 Å². The smallest absolute Gasteiger partial charge is 0.412 e. The first-order valence-corrected chi connectivity index (χ1v) is 12.2. The molecule has 0 spiro atoms. The molecule has 0 unspecified atom stereocenters. The van der Waals surface area contributed by atoms with E-state index in [1.54, 1.807) is 25.1 Å². The molecule has 1 heterocycles. The summed E-state index contributed by atoms with van der Waals surface area (Å²) in [5.41, 5.74) is 4.50. The van der Waals surface area contributed by atoms with Gasteiger partial charge in [-0.3, -0.25) is 10.1 Å². The number of aryl methyl sites for hydroxylation is 1. The Morgan fingerprint density at radius 3 is 2.22 bits per heavy atom. The van der Waals surface area contributed by atoms with E-state index in [-0.39, 0.29) is 6.61 Å². The van der Waals surface area contributed by atoms with Crippen molar-refractivity contribution in [3.63, 3.8) is 0 Å². The number of nitrogens with zero attached hydrogens (tertiary/aromatic N) is 1. The van der Waals surface area contributed by atoms with Crippen molar-refractivity contribution >= 4 is 29.3 Å². The highest BCUT2D eigenvalue weighted by Crippen LogP contribution is 2.48. The Bertz CT molecular complexity index is 1430. The molecule has 0 radical (unpaired) electrons. The summed E-state index contributed by atoms with van der Waals surface area (Å²) in [5.74, 6) is -1.19. The lowest BCUT2D eigenvalue weighted by atomic mass is 9.93. The van der Waals surface area contributed by atoms with E-state index in [0.29, 0.717) is 29.8 Å². The van der Waals surface area contributed by atoms with E-state index in [1.165, 1.54) is 17.6 Å². The van der Waals surface area contributed by atoms with Crippen molar-refractivity contribution in [1.82, 2.24) is 4.37 Å². The van der Waals surface area contributed by atoms with Gasteiger partial charge in [0.2, 0.25) is 0 Å². The molecule has 6 nitrogen and oxygen atoms in total. The van der Waals surface area contributed by atoms with Gasteiger partial charge >= 0.3 is 12.1 Å². The minimum atomic E-state index is -0.764. The molecule has 8 heteroatoms. The van der Waals surface area contributed by atoms with Crippen LogP contribution in [0.3, 0.4) is 0 Å². The van der Waals surface area contributed by atoms with Crippen LogP contribution in [0.1, 0.15) is 29.7 Å². The number of hydrogen-bond donors (Lipinski definition) is 2. The second-order valence-electron chi connectivity index (χ2n) is 8.81. The van der Waals surface area contributed by atoms with Crippen LogP contribution in [0.5, 0.6) is 0 Å². The minimum absolute atomic E-state index is 0.175. The number of halogens is 1. The second-order valence-corrected chi connectivity index (χ2v) is 9.58. The highest BCUT2D eigenvalue weighted by Gasteiger charge is 2.51. The summed E-state index contributed by atoms with van der Waals surface area (Å²) in [6.45, 7) is 1.62. The number of rotatable bonds is 7. The van der Waals surface area contributed by atoms with Gasteiger partial charge in [0.1, 0.15) is 12.4 Å². The number of aliphatic carboxylic acids is 1. The average molecular weight is 503 g/mol. The lowest BCUT2D eigenvalue weighted by Gasteiger charge is -2.11. The van der Waals surface area contributed by atoms with Crippen molar-refractivity contribution in [2.24, 2.45) is 0 Å². The van der Waals surface area contributed by atoms with Crippen LogP contribution >= 0.6 is 11.5 Å². The Kier molecular flexibility index (Phi) is 6.28. The van der Waals surface area contributed by atoms with Crippen LogP contribution in [0.15, 0.2) is 72.8 Å². The summed E-state index contributed by atoms with van der Waals surface area (Å²) in [6.07, 6.45) is 0.671. The molecule has 0 saturated heterocycles. The van der Waals surface area contributed by atoms with E-state index in [0.717, 1.165) is 27.1 Å². The van der Waals surface area contributed by atoms with Crippen LogP contribution in [0.4, 0.5) is 14.9 Å². The van der Waals surface area contributed by atoms with Crippen molar-refractivity contribution in [2.75, 3.05) is 5.32 Å². The van der Waals surface area contributed by atoms with Gasteiger partial charge in [0, 0.05) is 5.56 Å². The van der Waals surface area contributed by atoms with E-state index >= 15 is 0 Å². The summed E-state index contributed by atoms with van der Waals surface area (Å²) in [6, 6.07) is 21.7. The van der Waals surface area contributed by atoms with Gasteiger partial charge in [-0.1, -0.05) is 66.7 Å². The number of carboxylic acids is 1. The van der Waals surface area contributed by atoms with Gasteiger partial charge in [-0.15, -0.1) is 0 Å². The number of ether oxygens (including phenoxy) is 1. The van der Waals surface area contributed by atoms with Crippen LogP contribution in [0.25, 0.3) is 21.6 Å². The first-order chi connectivity index (χ1) is 17.4. The zero-order valence-corrected chi connectivity index (χ0v) is 20.3. The molecule has 36 heavy (non-hydrogen) atoms. The van der Waals surface area contributed by atoms with E-state index < -0.39 is 23.3 Å². The number of hydrogen-bond acceptors (Lipinski definition) is 5. The second kappa shape index (κ2) is 9.54. The van der Waals surface area contributed by atoms with Crippen LogP contribution < -0.4 is 5.32 Å². The molecule has 1 amide bonds. The summed E-state index contributed by atoms with van der Waals surface area (Å²) >= 11 is 1.27. The van der Waals surface area contributed by atoms with Crippen LogP contribution in [-0.4, -0.2) is 21.5 Å². The molecule has 182 valence electrons. The number of carboxylic acid groups (broad SMARTS) is 1. The number of nitrogens with one attached hydrogen (secondary N) is 1. The molecule has 1 aromatic heterocycles. The topological polar surface area (TPSA) is 88.5 Å². The third kappa shape index (κ3) is 4.59. The first-order valence-electron chi connectivity index (χ1n) is 11.5. The van der Waals surface area contributed by atoms with Crippen molar-refractivity contribution < 1.29 is 23.8 Å². The number of carbonyl (C=O) groups excluding carboxylic acids is 1. The SMILES string of the molecule is Cc1nsc(-c2ccc(-c3ccc(C4(C(=O)O)CC4)cc3)cc2)c1NC(=O)OCc1ccccc1F. The molecule has 2 N–H and O–H groups in total. The Labute approximate surface area is 211 Å². The fourth-order valence-electron chi connectivity index (χ4n) is 4.16. The monoisotopic (exact) mass is 502 g/mol. The molecular formula is C28H23FN2O4S. The maximum Gasteiger partial charge on any atom is 0.412 e. The predicted molar refractivity (Wildman–Crippen MR) is 136 cm³/mol. The van der Waals surface area contributed by atoms with Crippen LogP contribution in [0, 0.1) is 12.7 Å². The predicted octanol–water partition coefficient (Wildman–Crippen LogP) is 6.79. The van der Waals surface area contributed by atoms with Gasteiger partial charge in [-0.05, 0) is 59.6 Å². The largest absolute Gasteiger partial charge is 0.481 e. The highest BCUT2D eigenvalue weighted by atomic mass is 32.1. The Hall–Kier alpha value is -4.04. The third-order valence-electron chi connectivity index (χ3n) is 6.48. The Balaban J connectivity index is 1.29. The van der Waals surface area contributed by atoms with E-state index in [9.17, 15) is 19.1 Å². The average Bonchev–Trinajstić information content (AvgIpc) is 3.63. The van der Waals surface area contributed by atoms with Crippen molar-refractivity contribution in [2.45, 2.75) is 31.8 Å². The molecule has 1 fully saturated rings. The zero-order chi connectivity index (χ0) is 25.3. The summed E-state index contributed by atoms with van der Waals surface area (Å²) in [7, 11) is 0.